The highest BCUT2D eigenvalue weighted by Gasteiger charge is 2.27. The molecule has 3 heterocycles. The van der Waals surface area contributed by atoms with E-state index in [1.807, 2.05) is 29.2 Å². The van der Waals surface area contributed by atoms with E-state index in [0.29, 0.717) is 19.5 Å². The van der Waals surface area contributed by atoms with E-state index in [2.05, 4.69) is 16.9 Å². The minimum absolute atomic E-state index is 0.00892. The Morgan fingerprint density at radius 2 is 2.07 bits per heavy atom. The standard InChI is InChI=1S/C22H28N4O3/c1-25-9-8-18-19(14-25)23-21(24-22(18)28)16-6-10-26(11-7-16)20(27)13-15-4-3-5-17(12-15)29-2/h3-5,12,16H,6-11,13-14H2,1-2H3,(H,23,24,28). The lowest BCUT2D eigenvalue weighted by Crippen LogP contribution is -2.40. The number of carbonyl (C=O) groups excluding carboxylic acids is 1. The Kier molecular flexibility index (Phi) is 5.67. The van der Waals surface area contributed by atoms with E-state index in [9.17, 15) is 9.59 Å². The Balaban J connectivity index is 1.39. The van der Waals surface area contributed by atoms with Crippen LogP contribution in [0.2, 0.25) is 0 Å². The predicted molar refractivity (Wildman–Crippen MR) is 110 cm³/mol. The zero-order valence-electron chi connectivity index (χ0n) is 17.1. The summed E-state index contributed by atoms with van der Waals surface area (Å²) < 4.78 is 5.24. The molecule has 2 aliphatic rings. The van der Waals surface area contributed by atoms with Gasteiger partial charge in [0.15, 0.2) is 0 Å². The number of methoxy groups -OCH3 is 1. The van der Waals surface area contributed by atoms with Crippen LogP contribution < -0.4 is 10.3 Å². The lowest BCUT2D eigenvalue weighted by Gasteiger charge is -2.32. The van der Waals surface area contributed by atoms with Gasteiger partial charge in [-0.15, -0.1) is 0 Å². The molecule has 7 nitrogen and oxygen atoms in total. The van der Waals surface area contributed by atoms with E-state index >= 15 is 0 Å². The molecule has 0 saturated carbocycles. The second-order valence-corrected chi connectivity index (χ2v) is 8.05. The highest BCUT2D eigenvalue weighted by Crippen LogP contribution is 2.26. The lowest BCUT2D eigenvalue weighted by atomic mass is 9.94. The van der Waals surface area contributed by atoms with Crippen LogP contribution in [0.3, 0.4) is 0 Å². The number of piperidine rings is 1. The molecule has 0 unspecified atom stereocenters. The number of aromatic amines is 1. The first-order valence-electron chi connectivity index (χ1n) is 10.2. The monoisotopic (exact) mass is 396 g/mol. The van der Waals surface area contributed by atoms with Crippen molar-refractivity contribution in [3.63, 3.8) is 0 Å². The van der Waals surface area contributed by atoms with Gasteiger partial charge >= 0.3 is 0 Å². The Bertz CT molecular complexity index is 947. The van der Waals surface area contributed by atoms with Crippen LogP contribution in [-0.4, -0.2) is 59.5 Å². The van der Waals surface area contributed by atoms with Gasteiger partial charge in [0.2, 0.25) is 5.91 Å². The number of benzene rings is 1. The van der Waals surface area contributed by atoms with Crippen LogP contribution >= 0.6 is 0 Å². The van der Waals surface area contributed by atoms with Crippen molar-refractivity contribution in [2.24, 2.45) is 0 Å². The maximum absolute atomic E-state index is 12.7. The SMILES string of the molecule is COc1cccc(CC(=O)N2CCC(c3nc4c(c(=O)[nH]3)CCN(C)C4)CC2)c1. The number of likely N-dealkylation sites (tertiary alicyclic amines) is 1. The second-order valence-electron chi connectivity index (χ2n) is 8.05. The molecule has 2 aliphatic heterocycles. The molecule has 7 heteroatoms. The number of carbonyl (C=O) groups is 1. The fourth-order valence-corrected chi connectivity index (χ4v) is 4.25. The second kappa shape index (κ2) is 8.37. The Morgan fingerprint density at radius 1 is 1.28 bits per heavy atom. The molecule has 1 aromatic carbocycles. The fraction of sp³-hybridized carbons (Fsp3) is 0.500. The largest absolute Gasteiger partial charge is 0.497 e. The molecule has 4 rings (SSSR count). The summed E-state index contributed by atoms with van der Waals surface area (Å²) >= 11 is 0. The van der Waals surface area contributed by atoms with Crippen molar-refractivity contribution in [3.8, 4) is 5.75 Å². The number of aromatic nitrogens is 2. The van der Waals surface area contributed by atoms with Crippen molar-refractivity contribution < 1.29 is 9.53 Å². The van der Waals surface area contributed by atoms with Crippen LogP contribution in [0.15, 0.2) is 29.1 Å². The van der Waals surface area contributed by atoms with Crippen molar-refractivity contribution in [1.29, 1.82) is 0 Å². The third-order valence-corrected chi connectivity index (χ3v) is 6.01. The molecule has 1 amide bonds. The molecule has 0 spiro atoms. The van der Waals surface area contributed by atoms with E-state index in [-0.39, 0.29) is 17.4 Å². The summed E-state index contributed by atoms with van der Waals surface area (Å²) in [6.07, 6.45) is 2.77. The minimum Gasteiger partial charge on any atom is -0.497 e. The Hall–Kier alpha value is -2.67. The van der Waals surface area contributed by atoms with E-state index in [4.69, 9.17) is 9.72 Å². The summed E-state index contributed by atoms with van der Waals surface area (Å²) in [5.74, 6) is 1.87. The maximum Gasteiger partial charge on any atom is 0.254 e. The molecule has 0 atom stereocenters. The van der Waals surface area contributed by atoms with Gasteiger partial charge in [-0.05, 0) is 44.0 Å². The summed E-state index contributed by atoms with van der Waals surface area (Å²) in [6, 6.07) is 7.64. The first kappa shape index (κ1) is 19.6. The van der Waals surface area contributed by atoms with Gasteiger partial charge in [0.25, 0.3) is 5.56 Å². The van der Waals surface area contributed by atoms with Crippen LogP contribution in [0.5, 0.6) is 5.75 Å². The van der Waals surface area contributed by atoms with Gasteiger partial charge in [0, 0.05) is 37.7 Å². The number of ether oxygens (including phenoxy) is 1. The van der Waals surface area contributed by atoms with Crippen LogP contribution in [0.1, 0.15) is 41.4 Å². The van der Waals surface area contributed by atoms with E-state index in [0.717, 1.165) is 60.7 Å². The molecule has 0 radical (unpaired) electrons. The average Bonchev–Trinajstić information content (AvgIpc) is 2.73. The molecular weight excluding hydrogens is 368 g/mol. The maximum atomic E-state index is 12.7. The zero-order chi connectivity index (χ0) is 20.4. The predicted octanol–water partition coefficient (Wildman–Crippen LogP) is 1.72. The van der Waals surface area contributed by atoms with Crippen molar-refractivity contribution in [3.05, 3.63) is 57.3 Å². The van der Waals surface area contributed by atoms with Gasteiger partial charge < -0.3 is 19.5 Å². The smallest absolute Gasteiger partial charge is 0.254 e. The summed E-state index contributed by atoms with van der Waals surface area (Å²) in [5, 5.41) is 0. The summed E-state index contributed by atoms with van der Waals surface area (Å²) in [5.41, 5.74) is 2.71. The Morgan fingerprint density at radius 3 is 2.83 bits per heavy atom. The van der Waals surface area contributed by atoms with Gasteiger partial charge in [-0.2, -0.15) is 0 Å². The minimum atomic E-state index is 0.00892. The van der Waals surface area contributed by atoms with Gasteiger partial charge in [-0.25, -0.2) is 4.98 Å². The average molecular weight is 396 g/mol. The van der Waals surface area contributed by atoms with Gasteiger partial charge in [0.1, 0.15) is 11.6 Å². The van der Waals surface area contributed by atoms with Crippen molar-refractivity contribution in [2.45, 2.75) is 38.1 Å². The molecule has 2 aromatic rings. The topological polar surface area (TPSA) is 78.5 Å². The highest BCUT2D eigenvalue weighted by molar-refractivity contribution is 5.79. The summed E-state index contributed by atoms with van der Waals surface area (Å²) in [4.78, 5) is 37.1. The molecule has 1 aromatic heterocycles. The van der Waals surface area contributed by atoms with E-state index in [1.165, 1.54) is 0 Å². The molecule has 1 fully saturated rings. The first-order valence-corrected chi connectivity index (χ1v) is 10.2. The third-order valence-electron chi connectivity index (χ3n) is 6.01. The molecular formula is C22H28N4O3. The van der Waals surface area contributed by atoms with Crippen LogP contribution in [0, 0.1) is 0 Å². The number of rotatable bonds is 4. The van der Waals surface area contributed by atoms with Crippen molar-refractivity contribution >= 4 is 5.91 Å². The first-order chi connectivity index (χ1) is 14.0. The normalized spacial score (nSPS) is 17.8. The van der Waals surface area contributed by atoms with Gasteiger partial charge in [-0.1, -0.05) is 12.1 Å². The molecule has 1 saturated heterocycles. The number of likely N-dealkylation sites (N-methyl/N-ethyl adjacent to an activating group) is 1. The highest BCUT2D eigenvalue weighted by atomic mass is 16.5. The van der Waals surface area contributed by atoms with Crippen LogP contribution in [-0.2, 0) is 24.2 Å². The number of fused-ring (bicyclic) bond motifs is 1. The number of hydrogen-bond donors (Lipinski definition) is 1. The van der Waals surface area contributed by atoms with E-state index in [1.54, 1.807) is 7.11 Å². The zero-order valence-corrected chi connectivity index (χ0v) is 17.1. The summed E-state index contributed by atoms with van der Waals surface area (Å²) in [7, 11) is 3.68. The fourth-order valence-electron chi connectivity index (χ4n) is 4.25. The van der Waals surface area contributed by atoms with Crippen molar-refractivity contribution in [2.75, 3.05) is 33.8 Å². The van der Waals surface area contributed by atoms with Crippen molar-refractivity contribution in [1.82, 2.24) is 19.8 Å². The molecule has 154 valence electrons. The number of hydrogen-bond acceptors (Lipinski definition) is 5. The number of H-pyrrole nitrogens is 1. The van der Waals surface area contributed by atoms with Gasteiger partial charge in [-0.3, -0.25) is 9.59 Å². The lowest BCUT2D eigenvalue weighted by molar-refractivity contribution is -0.131. The molecule has 1 N–H and O–H groups in total. The van der Waals surface area contributed by atoms with E-state index < -0.39 is 0 Å². The summed E-state index contributed by atoms with van der Waals surface area (Å²) in [6.45, 7) is 3.00. The quantitative estimate of drug-likeness (QED) is 0.851. The van der Waals surface area contributed by atoms with Crippen LogP contribution in [0.25, 0.3) is 0 Å². The van der Waals surface area contributed by atoms with Gasteiger partial charge in [0.05, 0.1) is 19.2 Å². The molecule has 29 heavy (non-hydrogen) atoms. The molecule has 0 aliphatic carbocycles. The number of amides is 1. The Labute approximate surface area is 170 Å². The number of nitrogens with one attached hydrogen (secondary N) is 1. The third kappa shape index (κ3) is 4.34. The van der Waals surface area contributed by atoms with Crippen LogP contribution in [0.4, 0.5) is 0 Å². The number of nitrogens with zero attached hydrogens (tertiary/aromatic N) is 3. The molecule has 0 bridgehead atoms.